The van der Waals surface area contributed by atoms with E-state index in [0.717, 1.165) is 11.1 Å². The normalized spacial score (nSPS) is 12.9. The molecule has 0 spiro atoms. The van der Waals surface area contributed by atoms with E-state index in [0.29, 0.717) is 12.0 Å². The van der Waals surface area contributed by atoms with Gasteiger partial charge in [0, 0.05) is 18.0 Å². The molecule has 4 N–H and O–H groups in total. The lowest BCUT2D eigenvalue weighted by Gasteiger charge is -2.23. The molecule has 0 aliphatic heterocycles. The number of carbonyl (C=O) groups is 1. The number of hydrogen-bond donors (Lipinski definition) is 3. The first kappa shape index (κ1) is 16.5. The van der Waals surface area contributed by atoms with Crippen LogP contribution in [0.25, 0.3) is 0 Å². The average Bonchev–Trinajstić information content (AvgIpc) is 2.34. The average molecular weight is 279 g/mol. The second-order valence-electron chi connectivity index (χ2n) is 5.85. The maximum atomic E-state index is 10.7. The molecular weight excluding hydrogens is 254 g/mol. The first-order chi connectivity index (χ1) is 9.25. The van der Waals surface area contributed by atoms with Crippen LogP contribution in [0.3, 0.4) is 0 Å². The quantitative estimate of drug-likeness (QED) is 0.744. The Balaban J connectivity index is 3.24. The van der Waals surface area contributed by atoms with Crippen molar-refractivity contribution in [1.82, 2.24) is 0 Å². The lowest BCUT2D eigenvalue weighted by atomic mass is 9.86. The van der Waals surface area contributed by atoms with Crippen molar-refractivity contribution >= 4 is 5.97 Å². The van der Waals surface area contributed by atoms with Crippen molar-refractivity contribution in [2.45, 2.75) is 58.4 Å². The molecule has 20 heavy (non-hydrogen) atoms. The number of phenols is 1. The van der Waals surface area contributed by atoms with E-state index in [4.69, 9.17) is 10.8 Å². The topological polar surface area (TPSA) is 83.6 Å². The molecule has 0 radical (unpaired) electrons. The van der Waals surface area contributed by atoms with Crippen molar-refractivity contribution in [3.05, 3.63) is 28.8 Å². The summed E-state index contributed by atoms with van der Waals surface area (Å²) in [5.41, 5.74) is 8.68. The SMILES string of the molecule is CC(C)c1ccc(C(C)C)c(C(N)CCC(=O)O)c1O. The second kappa shape index (κ2) is 6.75. The molecule has 1 atom stereocenters. The third-order valence-corrected chi connectivity index (χ3v) is 3.57. The number of aromatic hydroxyl groups is 1. The predicted molar refractivity (Wildman–Crippen MR) is 80.1 cm³/mol. The zero-order valence-corrected chi connectivity index (χ0v) is 12.7. The summed E-state index contributed by atoms with van der Waals surface area (Å²) in [4.78, 5) is 10.7. The zero-order chi connectivity index (χ0) is 15.4. The van der Waals surface area contributed by atoms with Crippen LogP contribution in [0, 0.1) is 0 Å². The van der Waals surface area contributed by atoms with E-state index in [-0.39, 0.29) is 24.0 Å². The highest BCUT2D eigenvalue weighted by atomic mass is 16.4. The van der Waals surface area contributed by atoms with Gasteiger partial charge < -0.3 is 15.9 Å². The summed E-state index contributed by atoms with van der Waals surface area (Å²) in [6.45, 7) is 8.10. The number of carboxylic acid groups (broad SMARTS) is 1. The molecule has 1 aromatic rings. The third-order valence-electron chi connectivity index (χ3n) is 3.57. The Bertz CT molecular complexity index is 481. The Morgan fingerprint density at radius 3 is 2.10 bits per heavy atom. The van der Waals surface area contributed by atoms with E-state index >= 15 is 0 Å². The maximum absolute atomic E-state index is 10.7. The zero-order valence-electron chi connectivity index (χ0n) is 12.7. The van der Waals surface area contributed by atoms with Gasteiger partial charge >= 0.3 is 5.97 Å². The van der Waals surface area contributed by atoms with Crippen LogP contribution in [0.2, 0.25) is 0 Å². The number of rotatable bonds is 6. The number of benzene rings is 1. The van der Waals surface area contributed by atoms with Gasteiger partial charge in [0.1, 0.15) is 5.75 Å². The van der Waals surface area contributed by atoms with E-state index < -0.39 is 12.0 Å². The van der Waals surface area contributed by atoms with Gasteiger partial charge in [-0.2, -0.15) is 0 Å². The fourth-order valence-corrected chi connectivity index (χ4v) is 2.42. The molecule has 0 heterocycles. The Hall–Kier alpha value is -1.55. The molecule has 0 bridgehead atoms. The van der Waals surface area contributed by atoms with Crippen molar-refractivity contribution < 1.29 is 15.0 Å². The molecule has 0 aliphatic carbocycles. The Kier molecular flexibility index (Phi) is 5.57. The van der Waals surface area contributed by atoms with Crippen LogP contribution in [-0.2, 0) is 4.79 Å². The number of nitrogens with two attached hydrogens (primary N) is 1. The molecular formula is C16H25NO3. The fraction of sp³-hybridized carbons (Fsp3) is 0.562. The summed E-state index contributed by atoms with van der Waals surface area (Å²) in [5.74, 6) is -0.218. The molecule has 0 saturated heterocycles. The summed E-state index contributed by atoms with van der Waals surface area (Å²) in [7, 11) is 0. The van der Waals surface area contributed by atoms with E-state index in [9.17, 15) is 9.90 Å². The Morgan fingerprint density at radius 2 is 1.65 bits per heavy atom. The van der Waals surface area contributed by atoms with Crippen LogP contribution in [0.5, 0.6) is 5.75 Å². The van der Waals surface area contributed by atoms with Gasteiger partial charge in [0.2, 0.25) is 0 Å². The lowest BCUT2D eigenvalue weighted by Crippen LogP contribution is -2.16. The van der Waals surface area contributed by atoms with Gasteiger partial charge in [0.25, 0.3) is 0 Å². The minimum atomic E-state index is -0.869. The van der Waals surface area contributed by atoms with Crippen molar-refractivity contribution in [2.24, 2.45) is 5.73 Å². The van der Waals surface area contributed by atoms with Gasteiger partial charge in [-0.3, -0.25) is 4.79 Å². The molecule has 0 aliphatic rings. The molecule has 112 valence electrons. The standard InChI is InChI=1S/C16H25NO3/c1-9(2)11-5-6-12(10(3)4)16(20)15(11)13(17)7-8-14(18)19/h5-6,9-10,13,20H,7-8,17H2,1-4H3,(H,18,19). The Morgan fingerprint density at radius 1 is 1.15 bits per heavy atom. The third kappa shape index (κ3) is 3.73. The van der Waals surface area contributed by atoms with Crippen LogP contribution in [0.4, 0.5) is 0 Å². The molecule has 0 fully saturated rings. The fourth-order valence-electron chi connectivity index (χ4n) is 2.42. The minimum Gasteiger partial charge on any atom is -0.507 e. The predicted octanol–water partition coefficient (Wildman–Crippen LogP) is 3.50. The summed E-state index contributed by atoms with van der Waals surface area (Å²) in [6, 6.07) is 3.47. The van der Waals surface area contributed by atoms with Crippen LogP contribution in [0.15, 0.2) is 12.1 Å². The van der Waals surface area contributed by atoms with Gasteiger partial charge in [-0.25, -0.2) is 0 Å². The van der Waals surface area contributed by atoms with Gasteiger partial charge in [0.15, 0.2) is 0 Å². The van der Waals surface area contributed by atoms with Crippen molar-refractivity contribution in [1.29, 1.82) is 0 Å². The Labute approximate surface area is 120 Å². The monoisotopic (exact) mass is 279 g/mol. The largest absolute Gasteiger partial charge is 0.507 e. The van der Waals surface area contributed by atoms with E-state index in [1.165, 1.54) is 0 Å². The first-order valence-electron chi connectivity index (χ1n) is 7.08. The van der Waals surface area contributed by atoms with Crippen LogP contribution >= 0.6 is 0 Å². The molecule has 4 heteroatoms. The first-order valence-corrected chi connectivity index (χ1v) is 7.08. The molecule has 4 nitrogen and oxygen atoms in total. The van der Waals surface area contributed by atoms with Crippen molar-refractivity contribution in [3.63, 3.8) is 0 Å². The number of aliphatic carboxylic acids is 1. The molecule has 0 saturated carbocycles. The van der Waals surface area contributed by atoms with Gasteiger partial charge in [-0.05, 0) is 29.4 Å². The minimum absolute atomic E-state index is 0.00402. The van der Waals surface area contributed by atoms with Gasteiger partial charge in [-0.1, -0.05) is 39.8 Å². The van der Waals surface area contributed by atoms with Crippen molar-refractivity contribution in [3.8, 4) is 5.75 Å². The summed E-state index contributed by atoms with van der Waals surface area (Å²) in [6.07, 6.45) is 0.328. The summed E-state index contributed by atoms with van der Waals surface area (Å²) < 4.78 is 0. The van der Waals surface area contributed by atoms with Gasteiger partial charge in [0.05, 0.1) is 0 Å². The smallest absolute Gasteiger partial charge is 0.303 e. The maximum Gasteiger partial charge on any atom is 0.303 e. The summed E-state index contributed by atoms with van der Waals surface area (Å²) in [5, 5.41) is 19.3. The second-order valence-corrected chi connectivity index (χ2v) is 5.85. The van der Waals surface area contributed by atoms with E-state index in [1.807, 2.05) is 39.8 Å². The molecule has 0 amide bonds. The van der Waals surface area contributed by atoms with Crippen LogP contribution in [0.1, 0.15) is 75.1 Å². The highest BCUT2D eigenvalue weighted by Gasteiger charge is 2.21. The lowest BCUT2D eigenvalue weighted by molar-refractivity contribution is -0.137. The number of hydrogen-bond acceptors (Lipinski definition) is 3. The van der Waals surface area contributed by atoms with E-state index in [1.54, 1.807) is 0 Å². The van der Waals surface area contributed by atoms with Crippen molar-refractivity contribution in [2.75, 3.05) is 0 Å². The number of carboxylic acids is 1. The molecule has 1 unspecified atom stereocenters. The van der Waals surface area contributed by atoms with Crippen LogP contribution in [-0.4, -0.2) is 16.2 Å². The van der Waals surface area contributed by atoms with E-state index in [2.05, 4.69) is 0 Å². The van der Waals surface area contributed by atoms with Gasteiger partial charge in [-0.15, -0.1) is 0 Å². The molecule has 1 rings (SSSR count). The number of phenolic OH excluding ortho intramolecular Hbond substituents is 1. The highest BCUT2D eigenvalue weighted by Crippen LogP contribution is 2.38. The van der Waals surface area contributed by atoms with Crippen LogP contribution < -0.4 is 5.73 Å². The summed E-state index contributed by atoms with van der Waals surface area (Å²) >= 11 is 0. The highest BCUT2D eigenvalue weighted by molar-refractivity contribution is 5.66. The molecule has 1 aromatic carbocycles. The molecule has 0 aromatic heterocycles.